The van der Waals surface area contributed by atoms with Gasteiger partial charge in [-0.25, -0.2) is 8.42 Å². The minimum Gasteiger partial charge on any atom is -0.348 e. The Hall–Kier alpha value is -2.33. The molecule has 0 spiro atoms. The van der Waals surface area contributed by atoms with Gasteiger partial charge in [0, 0.05) is 23.8 Å². The van der Waals surface area contributed by atoms with Crippen LogP contribution >= 0.6 is 0 Å². The summed E-state index contributed by atoms with van der Waals surface area (Å²) in [7, 11) is -1.45. The molecule has 0 aliphatic rings. The third-order valence-corrected chi connectivity index (χ3v) is 5.21. The quantitative estimate of drug-likeness (QED) is 0.764. The summed E-state index contributed by atoms with van der Waals surface area (Å²) in [5.41, 5.74) is 2.95. The minimum atomic E-state index is -3.41. The van der Waals surface area contributed by atoms with E-state index in [1.54, 1.807) is 36.4 Å². The number of hydrogen-bond donors (Lipinski definition) is 0. The number of hydrogen-bond acceptors (Lipinski definition) is 3. The van der Waals surface area contributed by atoms with Gasteiger partial charge in [-0.15, -0.1) is 0 Å². The first kappa shape index (κ1) is 17.0. The minimum absolute atomic E-state index is 0.304. The molecule has 120 valence electrons. The van der Waals surface area contributed by atoms with Gasteiger partial charge in [0.15, 0.2) is 9.84 Å². The Kier molecular flexibility index (Phi) is 5.40. The van der Waals surface area contributed by atoms with Crippen molar-refractivity contribution in [2.24, 2.45) is 0 Å². The molecular weight excluding hydrogens is 306 g/mol. The average molecular weight is 327 g/mol. The van der Waals surface area contributed by atoms with Crippen molar-refractivity contribution in [3.63, 3.8) is 0 Å². The zero-order valence-electron chi connectivity index (χ0n) is 13.6. The number of sulfone groups is 1. The van der Waals surface area contributed by atoms with Crippen molar-refractivity contribution in [1.82, 2.24) is 0 Å². The van der Waals surface area contributed by atoms with Crippen LogP contribution in [0.15, 0.2) is 88.3 Å². The van der Waals surface area contributed by atoms with E-state index < -0.39 is 9.84 Å². The van der Waals surface area contributed by atoms with Crippen molar-refractivity contribution >= 4 is 15.5 Å². The lowest BCUT2D eigenvalue weighted by atomic mass is 10.2. The Labute approximate surface area is 138 Å². The lowest BCUT2D eigenvalue weighted by Crippen LogP contribution is -2.15. The first-order valence-electron chi connectivity index (χ1n) is 7.36. The highest BCUT2D eigenvalue weighted by Gasteiger charge is 2.10. The fraction of sp³-hybridized carbons (Fsp3) is 0.158. The van der Waals surface area contributed by atoms with E-state index in [2.05, 4.69) is 0 Å². The molecule has 2 rings (SSSR count). The van der Waals surface area contributed by atoms with Gasteiger partial charge in [0.05, 0.1) is 4.90 Å². The molecule has 0 unspecified atom stereocenters. The zero-order valence-corrected chi connectivity index (χ0v) is 14.4. The van der Waals surface area contributed by atoms with Gasteiger partial charge < -0.3 is 4.90 Å². The number of nitrogens with zero attached hydrogens (tertiary/aromatic N) is 1. The van der Waals surface area contributed by atoms with Gasteiger partial charge in [0.1, 0.15) is 0 Å². The van der Waals surface area contributed by atoms with Crippen LogP contribution in [0.3, 0.4) is 0 Å². The Morgan fingerprint density at radius 1 is 0.913 bits per heavy atom. The van der Waals surface area contributed by atoms with Crippen LogP contribution in [0.4, 0.5) is 5.69 Å². The molecule has 0 heterocycles. The van der Waals surface area contributed by atoms with Crippen molar-refractivity contribution in [2.45, 2.75) is 18.7 Å². The third kappa shape index (κ3) is 4.33. The van der Waals surface area contributed by atoms with Crippen molar-refractivity contribution in [3.8, 4) is 0 Å². The summed E-state index contributed by atoms with van der Waals surface area (Å²) in [6.07, 6.45) is 1.65. The lowest BCUT2D eigenvalue weighted by molar-refractivity contribution is 0.604. The lowest BCUT2D eigenvalue weighted by Gasteiger charge is -2.21. The Balaban J connectivity index is 2.24. The molecule has 0 N–H and O–H groups in total. The number of benzene rings is 2. The van der Waals surface area contributed by atoms with Crippen molar-refractivity contribution < 1.29 is 8.42 Å². The molecule has 2 aromatic carbocycles. The van der Waals surface area contributed by atoms with E-state index >= 15 is 0 Å². The van der Waals surface area contributed by atoms with Crippen LogP contribution in [0.1, 0.15) is 13.8 Å². The number of allylic oxidation sites excluding steroid dienone is 3. The van der Waals surface area contributed by atoms with Crippen LogP contribution in [0, 0.1) is 0 Å². The average Bonchev–Trinajstić information content (AvgIpc) is 2.60. The van der Waals surface area contributed by atoms with Gasteiger partial charge in [-0.2, -0.15) is 0 Å². The second-order valence-electron chi connectivity index (χ2n) is 5.32. The standard InChI is InChI=1S/C19H21NO2S/c1-16(17(2)20(3)18-10-6-4-7-11-18)14-15-23(21,22)19-12-8-5-9-13-19/h4-15H,1-3H3/b15-14+,17-16-. The van der Waals surface area contributed by atoms with E-state index in [4.69, 9.17) is 0 Å². The van der Waals surface area contributed by atoms with Gasteiger partial charge in [-0.05, 0) is 49.8 Å². The molecule has 0 saturated heterocycles. The fourth-order valence-corrected chi connectivity index (χ4v) is 3.19. The molecule has 2 aromatic rings. The van der Waals surface area contributed by atoms with Crippen molar-refractivity contribution in [1.29, 1.82) is 0 Å². The van der Waals surface area contributed by atoms with Crippen molar-refractivity contribution in [2.75, 3.05) is 11.9 Å². The Morgan fingerprint density at radius 2 is 1.43 bits per heavy atom. The monoisotopic (exact) mass is 327 g/mol. The first-order valence-corrected chi connectivity index (χ1v) is 8.91. The predicted octanol–water partition coefficient (Wildman–Crippen LogP) is 4.40. The first-order chi connectivity index (χ1) is 10.9. The zero-order chi connectivity index (χ0) is 16.9. The van der Waals surface area contributed by atoms with E-state index in [1.165, 1.54) is 5.41 Å². The smallest absolute Gasteiger partial charge is 0.199 e. The third-order valence-electron chi connectivity index (χ3n) is 3.79. The second-order valence-corrected chi connectivity index (χ2v) is 7.16. The molecule has 0 aliphatic heterocycles. The summed E-state index contributed by atoms with van der Waals surface area (Å²) >= 11 is 0. The van der Waals surface area contributed by atoms with E-state index in [1.807, 2.05) is 56.1 Å². The van der Waals surface area contributed by atoms with Gasteiger partial charge in [-0.3, -0.25) is 0 Å². The van der Waals surface area contributed by atoms with E-state index in [0.717, 1.165) is 17.0 Å². The van der Waals surface area contributed by atoms with Gasteiger partial charge in [0.2, 0.25) is 0 Å². The van der Waals surface area contributed by atoms with Crippen LogP contribution < -0.4 is 4.90 Å². The van der Waals surface area contributed by atoms with Gasteiger partial charge >= 0.3 is 0 Å². The number of para-hydroxylation sites is 1. The molecule has 3 nitrogen and oxygen atoms in total. The molecular formula is C19H21NO2S. The summed E-state index contributed by atoms with van der Waals surface area (Å²) < 4.78 is 24.6. The van der Waals surface area contributed by atoms with Crippen LogP contribution in [0.2, 0.25) is 0 Å². The largest absolute Gasteiger partial charge is 0.348 e. The van der Waals surface area contributed by atoms with E-state index in [0.29, 0.717) is 4.90 Å². The highest BCUT2D eigenvalue weighted by atomic mass is 32.2. The predicted molar refractivity (Wildman–Crippen MR) is 96.0 cm³/mol. The topological polar surface area (TPSA) is 37.4 Å². The summed E-state index contributed by atoms with van der Waals surface area (Å²) in [6, 6.07) is 18.4. The molecule has 0 atom stereocenters. The number of rotatable bonds is 5. The van der Waals surface area contributed by atoms with Crippen LogP contribution in [0.5, 0.6) is 0 Å². The molecule has 23 heavy (non-hydrogen) atoms. The van der Waals surface area contributed by atoms with Crippen LogP contribution in [-0.4, -0.2) is 15.5 Å². The summed E-state index contributed by atoms with van der Waals surface area (Å²) in [4.78, 5) is 2.34. The molecule has 0 bridgehead atoms. The van der Waals surface area contributed by atoms with Crippen molar-refractivity contribution in [3.05, 3.63) is 83.4 Å². The molecule has 0 aliphatic carbocycles. The SMILES string of the molecule is CC(/C=C/S(=O)(=O)c1ccccc1)=C(\C)N(C)c1ccccc1. The van der Waals surface area contributed by atoms with Crippen LogP contribution in [0.25, 0.3) is 0 Å². The molecule has 0 radical (unpaired) electrons. The summed E-state index contributed by atoms with van der Waals surface area (Å²) in [5, 5.41) is 1.26. The Bertz CT molecular complexity index is 807. The second kappa shape index (κ2) is 7.29. The normalized spacial score (nSPS) is 13.0. The fourth-order valence-electron chi connectivity index (χ4n) is 2.11. The molecule has 0 aromatic heterocycles. The summed E-state index contributed by atoms with van der Waals surface area (Å²) in [5.74, 6) is 0. The van der Waals surface area contributed by atoms with Gasteiger partial charge in [0.25, 0.3) is 0 Å². The Morgan fingerprint density at radius 3 is 2.00 bits per heavy atom. The van der Waals surface area contributed by atoms with Crippen LogP contribution in [-0.2, 0) is 9.84 Å². The maximum absolute atomic E-state index is 12.3. The molecule has 0 saturated carbocycles. The molecule has 0 amide bonds. The van der Waals surface area contributed by atoms with E-state index in [9.17, 15) is 8.42 Å². The maximum Gasteiger partial charge on any atom is 0.199 e. The molecule has 4 heteroatoms. The summed E-state index contributed by atoms with van der Waals surface area (Å²) in [6.45, 7) is 3.88. The highest BCUT2D eigenvalue weighted by Crippen LogP contribution is 2.20. The highest BCUT2D eigenvalue weighted by molar-refractivity contribution is 7.94. The van der Waals surface area contributed by atoms with Gasteiger partial charge in [-0.1, -0.05) is 36.4 Å². The maximum atomic E-state index is 12.3. The van der Waals surface area contributed by atoms with E-state index in [-0.39, 0.29) is 0 Å². The molecule has 0 fully saturated rings. The number of anilines is 1.